The van der Waals surface area contributed by atoms with Crippen LogP contribution in [0.5, 0.6) is 0 Å². The summed E-state index contributed by atoms with van der Waals surface area (Å²) in [4.78, 5) is 22.6. The van der Waals surface area contributed by atoms with E-state index < -0.39 is 5.97 Å². The summed E-state index contributed by atoms with van der Waals surface area (Å²) in [7, 11) is 0. The fourth-order valence-corrected chi connectivity index (χ4v) is 1.64. The smallest absolute Gasteiger partial charge is 0.332 e. The molecule has 0 saturated heterocycles. The van der Waals surface area contributed by atoms with E-state index in [1.807, 2.05) is 18.2 Å². The summed E-state index contributed by atoms with van der Waals surface area (Å²) in [6, 6.07) is 7.34. The van der Waals surface area contributed by atoms with Crippen LogP contribution in [0.2, 0.25) is 0 Å². The summed E-state index contributed by atoms with van der Waals surface area (Å²) in [5.41, 5.74) is 0.698. The molecule has 6 heteroatoms. The van der Waals surface area contributed by atoms with Crippen molar-refractivity contribution in [2.45, 2.75) is 6.92 Å². The van der Waals surface area contributed by atoms with Crippen LogP contribution in [-0.4, -0.2) is 31.7 Å². The molecule has 1 aromatic carbocycles. The number of benzene rings is 1. The Kier molecular flexibility index (Phi) is 6.66. The van der Waals surface area contributed by atoms with E-state index in [1.54, 1.807) is 13.0 Å². The number of carbonyl (C=O) groups is 2. The average Bonchev–Trinajstić information content (AvgIpc) is 2.36. The van der Waals surface area contributed by atoms with Gasteiger partial charge >= 0.3 is 5.97 Å². The molecule has 5 nitrogen and oxygen atoms in total. The molecule has 0 unspecified atom stereocenters. The summed E-state index contributed by atoms with van der Waals surface area (Å²) in [6.07, 6.45) is 0. The van der Waals surface area contributed by atoms with Gasteiger partial charge in [0.25, 0.3) is 5.91 Å². The molecule has 0 spiro atoms. The first-order valence-electron chi connectivity index (χ1n) is 5.41. The number of rotatable bonds is 6. The monoisotopic (exact) mass is 363 g/mol. The van der Waals surface area contributed by atoms with Gasteiger partial charge in [-0.3, -0.25) is 4.79 Å². The average molecular weight is 363 g/mol. The first kappa shape index (κ1) is 14.9. The van der Waals surface area contributed by atoms with Crippen molar-refractivity contribution in [1.82, 2.24) is 0 Å². The third-order valence-electron chi connectivity index (χ3n) is 1.94. The number of para-hydroxylation sites is 1. The van der Waals surface area contributed by atoms with Gasteiger partial charge in [0.1, 0.15) is 6.61 Å². The minimum absolute atomic E-state index is 0.132. The van der Waals surface area contributed by atoms with E-state index in [-0.39, 0.29) is 19.1 Å². The Morgan fingerprint density at radius 2 is 2.00 bits per heavy atom. The minimum Gasteiger partial charge on any atom is -0.454 e. The maximum atomic E-state index is 11.5. The van der Waals surface area contributed by atoms with E-state index in [4.69, 9.17) is 9.47 Å². The third-order valence-corrected chi connectivity index (χ3v) is 2.88. The molecule has 1 N–H and O–H groups in total. The molecular weight excluding hydrogens is 349 g/mol. The summed E-state index contributed by atoms with van der Waals surface area (Å²) >= 11 is 2.11. The lowest BCUT2D eigenvalue weighted by atomic mass is 10.3. The second-order valence-electron chi connectivity index (χ2n) is 3.33. The van der Waals surface area contributed by atoms with Gasteiger partial charge in [0.05, 0.1) is 5.69 Å². The quantitative estimate of drug-likeness (QED) is 0.619. The highest BCUT2D eigenvalue weighted by Crippen LogP contribution is 2.16. The lowest BCUT2D eigenvalue weighted by Crippen LogP contribution is -2.23. The highest BCUT2D eigenvalue weighted by molar-refractivity contribution is 14.1. The number of hydrogen-bond acceptors (Lipinski definition) is 4. The summed E-state index contributed by atoms with van der Waals surface area (Å²) in [5, 5.41) is 2.66. The maximum Gasteiger partial charge on any atom is 0.332 e. The first-order chi connectivity index (χ1) is 8.63. The van der Waals surface area contributed by atoms with Gasteiger partial charge in [-0.15, -0.1) is 0 Å². The highest BCUT2D eigenvalue weighted by atomic mass is 127. The molecule has 0 atom stereocenters. The van der Waals surface area contributed by atoms with E-state index in [9.17, 15) is 9.59 Å². The van der Waals surface area contributed by atoms with E-state index in [0.717, 1.165) is 3.57 Å². The van der Waals surface area contributed by atoms with Crippen molar-refractivity contribution in [2.24, 2.45) is 0 Å². The molecule has 0 aliphatic carbocycles. The number of nitrogens with one attached hydrogen (secondary N) is 1. The second kappa shape index (κ2) is 8.04. The van der Waals surface area contributed by atoms with Crippen molar-refractivity contribution < 1.29 is 19.1 Å². The zero-order valence-corrected chi connectivity index (χ0v) is 12.1. The van der Waals surface area contributed by atoms with E-state index >= 15 is 0 Å². The molecule has 0 radical (unpaired) electrons. The number of esters is 1. The number of halogens is 1. The normalized spacial score (nSPS) is 9.89. The van der Waals surface area contributed by atoms with Gasteiger partial charge in [0, 0.05) is 10.2 Å². The lowest BCUT2D eigenvalue weighted by molar-refractivity contribution is -0.151. The van der Waals surface area contributed by atoms with Crippen LogP contribution >= 0.6 is 22.6 Å². The summed E-state index contributed by atoms with van der Waals surface area (Å²) < 4.78 is 10.5. The van der Waals surface area contributed by atoms with Gasteiger partial charge in [-0.05, 0) is 41.6 Å². The van der Waals surface area contributed by atoms with Gasteiger partial charge in [0.15, 0.2) is 6.61 Å². The van der Waals surface area contributed by atoms with E-state index in [2.05, 4.69) is 27.9 Å². The predicted octanol–water partition coefficient (Wildman–Crippen LogP) is 1.81. The number of carbonyl (C=O) groups excluding carboxylic acids is 2. The Labute approximate surface area is 119 Å². The molecule has 0 bridgehead atoms. The van der Waals surface area contributed by atoms with Crippen molar-refractivity contribution in [3.05, 3.63) is 27.8 Å². The SMILES string of the molecule is CCOCC(=O)OCC(=O)Nc1ccccc1I. The molecule has 1 amide bonds. The molecule has 18 heavy (non-hydrogen) atoms. The highest BCUT2D eigenvalue weighted by Gasteiger charge is 2.08. The fourth-order valence-electron chi connectivity index (χ4n) is 1.12. The molecule has 0 heterocycles. The molecule has 1 aromatic rings. The maximum absolute atomic E-state index is 11.5. The van der Waals surface area contributed by atoms with Crippen LogP contribution in [0.4, 0.5) is 5.69 Å². The van der Waals surface area contributed by atoms with Gasteiger partial charge < -0.3 is 14.8 Å². The Hall–Kier alpha value is -1.15. The van der Waals surface area contributed by atoms with Crippen LogP contribution in [0.25, 0.3) is 0 Å². The third kappa shape index (κ3) is 5.46. The van der Waals surface area contributed by atoms with Crippen LogP contribution in [0.15, 0.2) is 24.3 Å². The number of hydrogen-bond donors (Lipinski definition) is 1. The molecular formula is C12H14INO4. The van der Waals surface area contributed by atoms with Gasteiger partial charge in [0.2, 0.25) is 0 Å². The van der Waals surface area contributed by atoms with E-state index in [1.165, 1.54) is 0 Å². The largest absolute Gasteiger partial charge is 0.454 e. The van der Waals surface area contributed by atoms with E-state index in [0.29, 0.717) is 12.3 Å². The number of ether oxygens (including phenoxy) is 2. The Morgan fingerprint density at radius 3 is 2.67 bits per heavy atom. The predicted molar refractivity (Wildman–Crippen MR) is 75.2 cm³/mol. The standard InChI is InChI=1S/C12H14INO4/c1-2-17-8-12(16)18-7-11(15)14-10-6-4-3-5-9(10)13/h3-6H,2,7-8H2,1H3,(H,14,15). The first-order valence-corrected chi connectivity index (χ1v) is 6.49. The molecule has 98 valence electrons. The van der Waals surface area contributed by atoms with Crippen molar-refractivity contribution in [2.75, 3.05) is 25.1 Å². The van der Waals surface area contributed by atoms with Crippen molar-refractivity contribution in [1.29, 1.82) is 0 Å². The number of amides is 1. The zero-order chi connectivity index (χ0) is 13.4. The Bertz CT molecular complexity index is 422. The zero-order valence-electron chi connectivity index (χ0n) is 9.94. The van der Waals surface area contributed by atoms with Crippen LogP contribution in [-0.2, 0) is 19.1 Å². The summed E-state index contributed by atoms with van der Waals surface area (Å²) in [5.74, 6) is -0.918. The molecule has 0 fully saturated rings. The number of anilines is 1. The second-order valence-corrected chi connectivity index (χ2v) is 4.49. The minimum atomic E-state index is -0.547. The van der Waals surface area contributed by atoms with Crippen LogP contribution < -0.4 is 5.32 Å². The van der Waals surface area contributed by atoms with Crippen molar-refractivity contribution in [3.63, 3.8) is 0 Å². The topological polar surface area (TPSA) is 64.6 Å². The van der Waals surface area contributed by atoms with Crippen molar-refractivity contribution in [3.8, 4) is 0 Å². The van der Waals surface area contributed by atoms with Gasteiger partial charge in [-0.1, -0.05) is 12.1 Å². The van der Waals surface area contributed by atoms with Crippen LogP contribution in [0.1, 0.15) is 6.92 Å². The van der Waals surface area contributed by atoms with Crippen LogP contribution in [0.3, 0.4) is 0 Å². The van der Waals surface area contributed by atoms with Gasteiger partial charge in [-0.25, -0.2) is 4.79 Å². The van der Waals surface area contributed by atoms with Gasteiger partial charge in [-0.2, -0.15) is 0 Å². The molecule has 0 aliphatic heterocycles. The van der Waals surface area contributed by atoms with Crippen LogP contribution in [0, 0.1) is 3.57 Å². The summed E-state index contributed by atoms with van der Waals surface area (Å²) in [6.45, 7) is 1.77. The Balaban J connectivity index is 2.34. The fraction of sp³-hybridized carbons (Fsp3) is 0.333. The van der Waals surface area contributed by atoms with Crippen molar-refractivity contribution >= 4 is 40.2 Å². The molecule has 1 rings (SSSR count). The molecule has 0 aromatic heterocycles. The molecule has 0 saturated carbocycles. The lowest BCUT2D eigenvalue weighted by Gasteiger charge is -2.07. The molecule has 0 aliphatic rings. The Morgan fingerprint density at radius 1 is 1.28 bits per heavy atom.